The number of halogens is 1. The molecule has 1 atom stereocenters. The minimum atomic E-state index is -1.56. The Morgan fingerprint density at radius 1 is 1.00 bits per heavy atom. The number of amides is 2. The van der Waals surface area contributed by atoms with Crippen LogP contribution in [-0.2, 0) is 9.59 Å². The smallest absolute Gasteiger partial charge is 0.300 e. The highest BCUT2D eigenvalue weighted by Crippen LogP contribution is 2.31. The van der Waals surface area contributed by atoms with E-state index >= 15 is 0 Å². The minimum Gasteiger partial charge on any atom is -0.497 e. The highest BCUT2D eigenvalue weighted by molar-refractivity contribution is 6.47. The predicted molar refractivity (Wildman–Crippen MR) is 154 cm³/mol. The van der Waals surface area contributed by atoms with Crippen molar-refractivity contribution in [2.75, 3.05) is 12.0 Å². The van der Waals surface area contributed by atoms with Crippen molar-refractivity contribution in [3.63, 3.8) is 0 Å². The van der Waals surface area contributed by atoms with Crippen molar-refractivity contribution >= 4 is 45.9 Å². The molecule has 206 valence electrons. The molecule has 8 nitrogen and oxygen atoms in total. The Hall–Kier alpha value is -4.43. The molecular weight excluding hydrogens is 532 g/mol. The summed E-state index contributed by atoms with van der Waals surface area (Å²) in [6.45, 7) is 7.12. The molecule has 40 heavy (non-hydrogen) atoms. The van der Waals surface area contributed by atoms with Crippen molar-refractivity contribution in [2.45, 2.75) is 39.3 Å². The van der Waals surface area contributed by atoms with Crippen molar-refractivity contribution < 1.29 is 23.5 Å². The third-order valence-corrected chi connectivity index (χ3v) is 6.34. The lowest BCUT2D eigenvalue weighted by atomic mass is 9.99. The maximum atomic E-state index is 14.0. The number of methoxy groups -OCH3 is 1. The van der Waals surface area contributed by atoms with Crippen LogP contribution in [-0.4, -0.2) is 30.2 Å². The van der Waals surface area contributed by atoms with Gasteiger partial charge in [-0.1, -0.05) is 29.3 Å². The molecule has 9 heteroatoms. The molecule has 0 spiro atoms. The van der Waals surface area contributed by atoms with Crippen LogP contribution in [0.4, 0.5) is 5.69 Å². The van der Waals surface area contributed by atoms with Crippen LogP contribution >= 0.6 is 11.6 Å². The first-order valence-electron chi connectivity index (χ1n) is 12.5. The number of ketones is 1. The second-order valence-electron chi connectivity index (χ2n) is 10.4. The average molecular weight is 561 g/mol. The molecule has 3 aromatic carbocycles. The Labute approximate surface area is 236 Å². The fraction of sp³-hybridized carbons (Fsp3) is 0.226. The van der Waals surface area contributed by atoms with E-state index < -0.39 is 34.6 Å². The van der Waals surface area contributed by atoms with E-state index in [9.17, 15) is 19.2 Å². The van der Waals surface area contributed by atoms with Gasteiger partial charge in [-0.15, -0.1) is 0 Å². The van der Waals surface area contributed by atoms with E-state index in [1.165, 1.54) is 31.4 Å². The molecule has 1 N–H and O–H groups in total. The van der Waals surface area contributed by atoms with Gasteiger partial charge in [0.15, 0.2) is 5.43 Å². The largest absolute Gasteiger partial charge is 0.497 e. The number of Topliss-reactive ketones (excluding diaryl/α,β-unsaturated/α-hetero) is 1. The van der Waals surface area contributed by atoms with Crippen molar-refractivity contribution in [2.24, 2.45) is 0 Å². The zero-order chi connectivity index (χ0) is 29.2. The summed E-state index contributed by atoms with van der Waals surface area (Å²) in [5.41, 5.74) is 0.0124. The summed E-state index contributed by atoms with van der Waals surface area (Å²) < 4.78 is 10.9. The van der Waals surface area contributed by atoms with E-state index in [0.717, 1.165) is 16.7 Å². The molecule has 4 rings (SSSR count). The lowest BCUT2D eigenvalue weighted by Crippen LogP contribution is -2.51. The van der Waals surface area contributed by atoms with Crippen LogP contribution < -0.4 is 20.4 Å². The average Bonchev–Trinajstić information content (AvgIpc) is 2.91. The number of hydrogen-bond acceptors (Lipinski definition) is 6. The second-order valence-corrected chi connectivity index (χ2v) is 10.8. The predicted octanol–water partition coefficient (Wildman–Crippen LogP) is 5.64. The van der Waals surface area contributed by atoms with Crippen LogP contribution in [0, 0.1) is 6.92 Å². The summed E-state index contributed by atoms with van der Waals surface area (Å²) in [5.74, 6) is -2.10. The maximum Gasteiger partial charge on any atom is 0.300 e. The van der Waals surface area contributed by atoms with E-state index in [1.807, 2.05) is 6.92 Å². The Morgan fingerprint density at radius 3 is 2.33 bits per heavy atom. The van der Waals surface area contributed by atoms with E-state index in [0.29, 0.717) is 11.3 Å². The van der Waals surface area contributed by atoms with E-state index in [1.54, 1.807) is 63.2 Å². The highest BCUT2D eigenvalue weighted by Gasteiger charge is 2.39. The Balaban J connectivity index is 1.96. The molecule has 2 amide bonds. The molecule has 0 bridgehead atoms. The van der Waals surface area contributed by atoms with Crippen LogP contribution in [0.25, 0.3) is 11.0 Å². The number of anilines is 1. The Bertz CT molecular complexity index is 1650. The van der Waals surface area contributed by atoms with Gasteiger partial charge in [0.2, 0.25) is 5.91 Å². The molecule has 0 saturated carbocycles. The lowest BCUT2D eigenvalue weighted by molar-refractivity contribution is -0.126. The molecule has 0 radical (unpaired) electrons. The van der Waals surface area contributed by atoms with Crippen molar-refractivity contribution in [1.82, 2.24) is 5.32 Å². The van der Waals surface area contributed by atoms with Crippen molar-refractivity contribution in [3.05, 3.63) is 105 Å². The summed E-state index contributed by atoms with van der Waals surface area (Å²) in [6, 6.07) is 15.7. The van der Waals surface area contributed by atoms with E-state index in [2.05, 4.69) is 5.32 Å². The number of nitrogens with zero attached hydrogens (tertiary/aromatic N) is 1. The molecule has 1 heterocycles. The molecule has 0 aliphatic heterocycles. The zero-order valence-corrected chi connectivity index (χ0v) is 23.5. The molecule has 1 aromatic heterocycles. The van der Waals surface area contributed by atoms with Crippen LogP contribution in [0.2, 0.25) is 5.02 Å². The fourth-order valence-corrected chi connectivity index (χ4v) is 4.45. The standard InChI is InChI=1S/C31H29ClN2O6/c1-18-9-14-25-23(15-18)28(36)24(17-40-25)26(29(37)33-31(2,3)4)34(21-8-6-7-20(32)16-21)30(38)27(35)19-10-12-22(39-5)13-11-19/h6-17,26H,1-5H3,(H,33,37). The fourth-order valence-electron chi connectivity index (χ4n) is 4.27. The number of ether oxygens (including phenoxy) is 1. The Morgan fingerprint density at radius 2 is 1.70 bits per heavy atom. The minimum absolute atomic E-state index is 0.0778. The van der Waals surface area contributed by atoms with E-state index in [-0.39, 0.29) is 27.2 Å². The van der Waals surface area contributed by atoms with Gasteiger partial charge in [0.1, 0.15) is 23.6 Å². The summed E-state index contributed by atoms with van der Waals surface area (Å²) in [7, 11) is 1.48. The number of hydrogen-bond donors (Lipinski definition) is 1. The monoisotopic (exact) mass is 560 g/mol. The number of aryl methyl sites for hydroxylation is 1. The van der Waals surface area contributed by atoms with Crippen molar-refractivity contribution in [1.29, 1.82) is 0 Å². The first-order valence-corrected chi connectivity index (χ1v) is 12.9. The first-order chi connectivity index (χ1) is 18.9. The van der Waals surface area contributed by atoms with Crippen LogP contribution in [0.5, 0.6) is 5.75 Å². The number of fused-ring (bicyclic) bond motifs is 1. The topological polar surface area (TPSA) is 106 Å². The third kappa shape index (κ3) is 6.07. The SMILES string of the molecule is COc1ccc(C(=O)C(=O)N(c2cccc(Cl)c2)C(C(=O)NC(C)(C)C)c2coc3ccc(C)cc3c2=O)cc1. The molecule has 0 saturated heterocycles. The van der Waals surface area contributed by atoms with Gasteiger partial charge in [-0.3, -0.25) is 24.1 Å². The molecule has 0 fully saturated rings. The van der Waals surface area contributed by atoms with Gasteiger partial charge in [-0.05, 0) is 82.3 Å². The summed E-state index contributed by atoms with van der Waals surface area (Å²) in [4.78, 5) is 56.3. The van der Waals surface area contributed by atoms with E-state index in [4.69, 9.17) is 20.8 Å². The highest BCUT2D eigenvalue weighted by atomic mass is 35.5. The Kier molecular flexibility index (Phi) is 8.11. The van der Waals surface area contributed by atoms with Gasteiger partial charge in [0.25, 0.3) is 11.7 Å². The third-order valence-electron chi connectivity index (χ3n) is 6.11. The second kappa shape index (κ2) is 11.4. The van der Waals surface area contributed by atoms with Crippen LogP contribution in [0.3, 0.4) is 0 Å². The summed E-state index contributed by atoms with van der Waals surface area (Å²) >= 11 is 6.27. The van der Waals surface area contributed by atoms with Gasteiger partial charge in [-0.25, -0.2) is 0 Å². The normalized spacial score (nSPS) is 12.1. The number of rotatable bonds is 7. The molecule has 0 aliphatic rings. The summed E-state index contributed by atoms with van der Waals surface area (Å²) in [5, 5.41) is 3.35. The van der Waals surface area contributed by atoms with Gasteiger partial charge < -0.3 is 14.5 Å². The lowest BCUT2D eigenvalue weighted by Gasteiger charge is -2.33. The van der Waals surface area contributed by atoms with Gasteiger partial charge >= 0.3 is 0 Å². The van der Waals surface area contributed by atoms with Gasteiger partial charge in [-0.2, -0.15) is 0 Å². The van der Waals surface area contributed by atoms with Crippen LogP contribution in [0.15, 0.2) is 82.2 Å². The zero-order valence-electron chi connectivity index (χ0n) is 22.8. The van der Waals surface area contributed by atoms with Gasteiger partial charge in [0.05, 0.1) is 18.1 Å². The molecule has 4 aromatic rings. The number of nitrogens with one attached hydrogen (secondary N) is 1. The molecule has 1 unspecified atom stereocenters. The van der Waals surface area contributed by atoms with Gasteiger partial charge in [0, 0.05) is 21.8 Å². The molecule has 0 aliphatic carbocycles. The number of carbonyl (C=O) groups excluding carboxylic acids is 3. The van der Waals surface area contributed by atoms with Crippen molar-refractivity contribution in [3.8, 4) is 5.75 Å². The maximum absolute atomic E-state index is 14.0. The number of carbonyl (C=O) groups is 3. The number of benzene rings is 3. The summed E-state index contributed by atoms with van der Waals surface area (Å²) in [6.07, 6.45) is 1.16. The van der Waals surface area contributed by atoms with Crippen LogP contribution in [0.1, 0.15) is 48.3 Å². The quantitative estimate of drug-likeness (QED) is 0.232. The molecular formula is C31H29ClN2O6. The first kappa shape index (κ1) is 28.6.